The van der Waals surface area contributed by atoms with E-state index in [1.54, 1.807) is 0 Å². The Hall–Kier alpha value is -0.811. The molecule has 0 aliphatic carbocycles. The molecule has 0 unspecified atom stereocenters. The zero-order valence-electron chi connectivity index (χ0n) is 7.90. The van der Waals surface area contributed by atoms with Crippen LogP contribution in [0, 0.1) is 10.2 Å². The molecule has 3 heteroatoms. The summed E-state index contributed by atoms with van der Waals surface area (Å²) in [6.45, 7) is 0. The maximum atomic E-state index is 8.77. The van der Waals surface area contributed by atoms with Crippen molar-refractivity contribution in [2.45, 2.75) is 5.33 Å². The third-order valence-corrected chi connectivity index (χ3v) is 4.28. The predicted octanol–water partition coefficient (Wildman–Crippen LogP) is 2.55. The molecule has 0 bridgehead atoms. The van der Waals surface area contributed by atoms with Crippen molar-refractivity contribution in [3.8, 4) is 4.97 Å². The molecule has 0 spiro atoms. The fourth-order valence-electron chi connectivity index (χ4n) is 1.52. The molecule has 0 aromatic heterocycles. The minimum absolute atomic E-state index is 0.0763. The molecule has 74 valence electrons. The summed E-state index contributed by atoms with van der Waals surface area (Å²) in [7, 11) is 0. The summed E-state index contributed by atoms with van der Waals surface area (Å²) >= 11 is 3.39. The molecule has 0 saturated carbocycles. The van der Waals surface area contributed by atoms with Gasteiger partial charge < -0.3 is 0 Å². The fourth-order valence-corrected chi connectivity index (χ4v) is 3.54. The Balaban J connectivity index is 2.64. The average Bonchev–Trinajstić information content (AvgIpc) is 2.28. The number of nitrogens with zero attached hydrogens (tertiary/aromatic N) is 1. The zero-order chi connectivity index (χ0) is 10.7. The molecule has 0 atom stereocenters. The van der Waals surface area contributed by atoms with Crippen LogP contribution in [0.5, 0.6) is 0 Å². The number of benzene rings is 2. The molecule has 0 saturated heterocycles. The van der Waals surface area contributed by atoms with Crippen molar-refractivity contribution in [2.75, 3.05) is 0 Å². The summed E-state index contributed by atoms with van der Waals surface area (Å²) in [4.78, 5) is 2.27. The van der Waals surface area contributed by atoms with Crippen LogP contribution in [-0.4, -0.2) is 15.0 Å². The molecule has 0 aliphatic rings. The summed E-state index contributed by atoms with van der Waals surface area (Å²) < 4.78 is 1.18. The molecule has 2 aromatic rings. The Morgan fingerprint density at radius 1 is 1.20 bits per heavy atom. The molecule has 0 amide bonds. The van der Waals surface area contributed by atoms with Crippen molar-refractivity contribution in [3.05, 3.63) is 42.0 Å². The standard InChI is InChI=1S/C12H8BrNSe/c13-7-11-5-9-3-1-2-4-10(9)6-12(11)15-8-14/h1-6H,7H2. The van der Waals surface area contributed by atoms with Crippen LogP contribution in [0.3, 0.4) is 0 Å². The molecule has 0 radical (unpaired) electrons. The predicted molar refractivity (Wildman–Crippen MR) is 67.6 cm³/mol. The molecular formula is C12H8BrNSe. The first-order valence-electron chi connectivity index (χ1n) is 4.48. The molecule has 0 N–H and O–H groups in total. The average molecular weight is 325 g/mol. The minimum atomic E-state index is -0.0763. The van der Waals surface area contributed by atoms with Gasteiger partial charge in [0.15, 0.2) is 0 Å². The monoisotopic (exact) mass is 325 g/mol. The SMILES string of the molecule is N#C[Se]c1cc2ccccc2cc1CBr. The van der Waals surface area contributed by atoms with E-state index in [1.807, 2.05) is 12.1 Å². The van der Waals surface area contributed by atoms with Gasteiger partial charge in [0.1, 0.15) is 0 Å². The molecular weight excluding hydrogens is 317 g/mol. The number of rotatable bonds is 2. The summed E-state index contributed by atoms with van der Waals surface area (Å²) in [5.74, 6) is 0. The van der Waals surface area contributed by atoms with Crippen molar-refractivity contribution >= 4 is 46.1 Å². The van der Waals surface area contributed by atoms with Crippen molar-refractivity contribution < 1.29 is 0 Å². The Morgan fingerprint density at radius 3 is 2.47 bits per heavy atom. The van der Waals surface area contributed by atoms with E-state index >= 15 is 0 Å². The maximum absolute atomic E-state index is 8.77. The van der Waals surface area contributed by atoms with Gasteiger partial charge >= 0.3 is 104 Å². The van der Waals surface area contributed by atoms with Crippen LogP contribution in [0.15, 0.2) is 36.4 Å². The molecule has 0 aliphatic heterocycles. The number of halogens is 1. The van der Waals surface area contributed by atoms with E-state index in [4.69, 9.17) is 5.26 Å². The molecule has 1 nitrogen and oxygen atoms in total. The zero-order valence-corrected chi connectivity index (χ0v) is 11.2. The van der Waals surface area contributed by atoms with E-state index in [2.05, 4.69) is 45.2 Å². The second-order valence-corrected chi connectivity index (χ2v) is 5.43. The van der Waals surface area contributed by atoms with E-state index in [9.17, 15) is 0 Å². The van der Waals surface area contributed by atoms with Gasteiger partial charge in [-0.05, 0) is 0 Å². The van der Waals surface area contributed by atoms with E-state index < -0.39 is 0 Å². The van der Waals surface area contributed by atoms with Crippen molar-refractivity contribution in [3.63, 3.8) is 0 Å². The van der Waals surface area contributed by atoms with Crippen LogP contribution in [0.2, 0.25) is 0 Å². The van der Waals surface area contributed by atoms with E-state index in [0.29, 0.717) is 0 Å². The second kappa shape index (κ2) is 4.81. The van der Waals surface area contributed by atoms with Crippen LogP contribution >= 0.6 is 15.9 Å². The fraction of sp³-hybridized carbons (Fsp3) is 0.0833. The van der Waals surface area contributed by atoms with E-state index in [-0.39, 0.29) is 15.0 Å². The number of alkyl halides is 1. The van der Waals surface area contributed by atoms with Gasteiger partial charge in [0.05, 0.1) is 0 Å². The molecule has 2 aromatic carbocycles. The molecule has 0 fully saturated rings. The summed E-state index contributed by atoms with van der Waals surface area (Å²) in [5, 5.41) is 12.0. The van der Waals surface area contributed by atoms with Crippen molar-refractivity contribution in [2.24, 2.45) is 0 Å². The first-order chi connectivity index (χ1) is 7.35. The first kappa shape index (κ1) is 10.7. The Morgan fingerprint density at radius 2 is 1.87 bits per heavy atom. The van der Waals surface area contributed by atoms with Gasteiger partial charge in [-0.15, -0.1) is 0 Å². The van der Waals surface area contributed by atoms with Gasteiger partial charge in [-0.25, -0.2) is 0 Å². The Kier molecular flexibility index (Phi) is 3.43. The topological polar surface area (TPSA) is 23.8 Å². The number of fused-ring (bicyclic) bond motifs is 1. The summed E-state index contributed by atoms with van der Waals surface area (Å²) in [6.07, 6.45) is 0. The van der Waals surface area contributed by atoms with Gasteiger partial charge in [0.2, 0.25) is 0 Å². The number of hydrogen-bond donors (Lipinski definition) is 0. The van der Waals surface area contributed by atoms with E-state index in [0.717, 1.165) is 5.33 Å². The van der Waals surface area contributed by atoms with Gasteiger partial charge in [-0.1, -0.05) is 0 Å². The van der Waals surface area contributed by atoms with Crippen LogP contribution in [0.1, 0.15) is 5.56 Å². The van der Waals surface area contributed by atoms with Crippen molar-refractivity contribution in [1.82, 2.24) is 0 Å². The first-order valence-corrected chi connectivity index (χ1v) is 7.32. The van der Waals surface area contributed by atoms with Gasteiger partial charge in [-0.2, -0.15) is 0 Å². The van der Waals surface area contributed by atoms with Gasteiger partial charge in [0, 0.05) is 0 Å². The Bertz CT molecular complexity index is 531. The van der Waals surface area contributed by atoms with Gasteiger partial charge in [0.25, 0.3) is 0 Å². The number of nitriles is 1. The normalized spacial score (nSPS) is 10.1. The Labute approximate surface area is 103 Å². The third-order valence-electron chi connectivity index (χ3n) is 2.23. The second-order valence-electron chi connectivity index (χ2n) is 3.13. The molecule has 2 rings (SSSR count). The summed E-state index contributed by atoms with van der Waals surface area (Å²) in [5.41, 5.74) is 1.23. The summed E-state index contributed by atoms with van der Waals surface area (Å²) in [6, 6.07) is 12.6. The van der Waals surface area contributed by atoms with E-state index in [1.165, 1.54) is 20.8 Å². The van der Waals surface area contributed by atoms with Crippen LogP contribution in [-0.2, 0) is 5.33 Å². The van der Waals surface area contributed by atoms with Crippen molar-refractivity contribution in [1.29, 1.82) is 5.26 Å². The third kappa shape index (κ3) is 2.23. The van der Waals surface area contributed by atoms with Crippen LogP contribution < -0.4 is 4.46 Å². The molecule has 15 heavy (non-hydrogen) atoms. The molecule has 0 heterocycles. The van der Waals surface area contributed by atoms with Crippen LogP contribution in [0.25, 0.3) is 10.8 Å². The quantitative estimate of drug-likeness (QED) is 0.615. The van der Waals surface area contributed by atoms with Crippen LogP contribution in [0.4, 0.5) is 0 Å². The number of hydrogen-bond acceptors (Lipinski definition) is 1. The van der Waals surface area contributed by atoms with Gasteiger partial charge in [-0.3, -0.25) is 0 Å².